The number of anilines is 1. The molecule has 0 aromatic heterocycles. The van der Waals surface area contributed by atoms with Crippen LogP contribution in [-0.4, -0.2) is 16.9 Å². The first kappa shape index (κ1) is 16.7. The van der Waals surface area contributed by atoms with Crippen LogP contribution in [0.2, 0.25) is 5.02 Å². The Kier molecular flexibility index (Phi) is 5.13. The summed E-state index contributed by atoms with van der Waals surface area (Å²) in [4.78, 5) is 21.9. The molecule has 0 spiro atoms. The number of carbonyl (C=O) groups excluding carboxylic acids is 1. The van der Waals surface area contributed by atoms with Crippen molar-refractivity contribution in [1.82, 2.24) is 0 Å². The number of rotatable bonds is 5. The van der Waals surface area contributed by atoms with Crippen molar-refractivity contribution in [3.63, 3.8) is 0 Å². The third kappa shape index (κ3) is 4.40. The van der Waals surface area contributed by atoms with Crippen molar-refractivity contribution < 1.29 is 18.8 Å². The number of carbonyl (C=O) groups is 1. The normalized spacial score (nSPS) is 11.6. The van der Waals surface area contributed by atoms with Gasteiger partial charge in [-0.2, -0.15) is 4.39 Å². The molecule has 2 rings (SSSR count). The maximum atomic E-state index is 13.3. The molecule has 0 aliphatic rings. The van der Waals surface area contributed by atoms with Gasteiger partial charge in [0.15, 0.2) is 6.10 Å². The van der Waals surface area contributed by atoms with Crippen LogP contribution in [0.25, 0.3) is 0 Å². The molecule has 1 amide bonds. The lowest BCUT2D eigenvalue weighted by Crippen LogP contribution is -2.30. The van der Waals surface area contributed by atoms with Crippen molar-refractivity contribution in [1.29, 1.82) is 0 Å². The molecule has 0 aliphatic heterocycles. The van der Waals surface area contributed by atoms with Crippen LogP contribution in [0, 0.1) is 15.9 Å². The lowest BCUT2D eigenvalue weighted by atomic mass is 10.2. The maximum Gasteiger partial charge on any atom is 0.306 e. The van der Waals surface area contributed by atoms with E-state index in [0.717, 1.165) is 12.1 Å². The number of ether oxygens (including phenoxy) is 1. The standard InChI is InChI=1S/C15H12ClFN2O4/c1-9(23-12-4-2-3-10(16)7-12)15(20)18-11-5-6-13(17)14(8-11)19(21)22/h2-9H,1H3,(H,18,20). The molecule has 1 unspecified atom stereocenters. The van der Waals surface area contributed by atoms with E-state index in [0.29, 0.717) is 10.8 Å². The van der Waals surface area contributed by atoms with E-state index >= 15 is 0 Å². The quantitative estimate of drug-likeness (QED) is 0.664. The molecule has 1 N–H and O–H groups in total. The van der Waals surface area contributed by atoms with E-state index in [1.807, 2.05) is 0 Å². The van der Waals surface area contributed by atoms with Crippen LogP contribution in [0.5, 0.6) is 5.75 Å². The second-order valence-corrected chi connectivity index (χ2v) is 5.07. The highest BCUT2D eigenvalue weighted by Crippen LogP contribution is 2.22. The molecular formula is C15H12ClFN2O4. The van der Waals surface area contributed by atoms with Gasteiger partial charge in [-0.15, -0.1) is 0 Å². The third-order valence-corrected chi connectivity index (χ3v) is 3.12. The van der Waals surface area contributed by atoms with Gasteiger partial charge in [0.25, 0.3) is 5.91 Å². The molecule has 0 saturated carbocycles. The summed E-state index contributed by atoms with van der Waals surface area (Å²) < 4.78 is 18.7. The fourth-order valence-electron chi connectivity index (χ4n) is 1.77. The SMILES string of the molecule is CC(Oc1cccc(Cl)c1)C(=O)Nc1ccc(F)c([N+](=O)[O-])c1. The minimum atomic E-state index is -0.976. The van der Waals surface area contributed by atoms with Crippen molar-refractivity contribution >= 4 is 28.9 Å². The van der Waals surface area contributed by atoms with Gasteiger partial charge in [0.2, 0.25) is 5.82 Å². The number of nitro benzene ring substituents is 1. The summed E-state index contributed by atoms with van der Waals surface area (Å²) in [6.45, 7) is 1.51. The van der Waals surface area contributed by atoms with Crippen molar-refractivity contribution in [3.05, 3.63) is 63.4 Å². The zero-order valence-electron chi connectivity index (χ0n) is 12.0. The summed E-state index contributed by atoms with van der Waals surface area (Å²) in [5.74, 6) is -1.10. The molecule has 0 fully saturated rings. The van der Waals surface area contributed by atoms with Gasteiger partial charge in [0.1, 0.15) is 5.75 Å². The first-order valence-electron chi connectivity index (χ1n) is 6.54. The highest BCUT2D eigenvalue weighted by Gasteiger charge is 2.18. The molecule has 0 saturated heterocycles. The van der Waals surface area contributed by atoms with Gasteiger partial charge in [-0.1, -0.05) is 17.7 Å². The van der Waals surface area contributed by atoms with Crippen molar-refractivity contribution in [2.45, 2.75) is 13.0 Å². The number of hydrogen-bond donors (Lipinski definition) is 1. The molecular weight excluding hydrogens is 327 g/mol. The average Bonchev–Trinajstić information content (AvgIpc) is 2.48. The zero-order chi connectivity index (χ0) is 17.0. The Bertz CT molecular complexity index is 754. The van der Waals surface area contributed by atoms with Crippen LogP contribution in [0.3, 0.4) is 0 Å². The minimum Gasteiger partial charge on any atom is -0.481 e. The summed E-state index contributed by atoms with van der Waals surface area (Å²) in [6.07, 6.45) is -0.877. The van der Waals surface area contributed by atoms with Crippen LogP contribution in [-0.2, 0) is 4.79 Å². The number of nitrogens with one attached hydrogen (secondary N) is 1. The Hall–Kier alpha value is -2.67. The smallest absolute Gasteiger partial charge is 0.306 e. The van der Waals surface area contributed by atoms with Crippen molar-refractivity contribution in [2.75, 3.05) is 5.32 Å². The van der Waals surface area contributed by atoms with Gasteiger partial charge in [-0.25, -0.2) is 0 Å². The highest BCUT2D eigenvalue weighted by atomic mass is 35.5. The Balaban J connectivity index is 2.06. The largest absolute Gasteiger partial charge is 0.481 e. The van der Waals surface area contributed by atoms with Gasteiger partial charge in [-0.05, 0) is 37.3 Å². The van der Waals surface area contributed by atoms with Crippen LogP contribution < -0.4 is 10.1 Å². The molecule has 2 aromatic carbocycles. The molecule has 0 heterocycles. The van der Waals surface area contributed by atoms with Crippen LogP contribution in [0.15, 0.2) is 42.5 Å². The molecule has 8 heteroatoms. The lowest BCUT2D eigenvalue weighted by Gasteiger charge is -2.14. The van der Waals surface area contributed by atoms with Crippen molar-refractivity contribution in [2.24, 2.45) is 0 Å². The summed E-state index contributed by atoms with van der Waals surface area (Å²) in [7, 11) is 0. The fraction of sp³-hybridized carbons (Fsp3) is 0.133. The number of amides is 1. The number of nitro groups is 1. The molecule has 6 nitrogen and oxygen atoms in total. The van der Waals surface area contributed by atoms with Crippen LogP contribution in [0.1, 0.15) is 6.92 Å². The molecule has 1 atom stereocenters. The van der Waals surface area contributed by atoms with Crippen LogP contribution in [0.4, 0.5) is 15.8 Å². The number of hydrogen-bond acceptors (Lipinski definition) is 4. The molecule has 120 valence electrons. The summed E-state index contributed by atoms with van der Waals surface area (Å²) in [5.41, 5.74) is -0.615. The Morgan fingerprint density at radius 3 is 2.74 bits per heavy atom. The van der Waals surface area contributed by atoms with Gasteiger partial charge >= 0.3 is 5.69 Å². The second kappa shape index (κ2) is 7.06. The molecule has 0 aliphatic carbocycles. The topological polar surface area (TPSA) is 81.5 Å². The van der Waals surface area contributed by atoms with E-state index in [9.17, 15) is 19.3 Å². The molecule has 0 radical (unpaired) electrons. The van der Waals surface area contributed by atoms with Gasteiger partial charge in [0, 0.05) is 16.8 Å². The van der Waals surface area contributed by atoms with Gasteiger partial charge in [0.05, 0.1) is 4.92 Å². The average molecular weight is 339 g/mol. The van der Waals surface area contributed by atoms with E-state index in [-0.39, 0.29) is 5.69 Å². The number of nitrogens with zero attached hydrogens (tertiary/aromatic N) is 1. The monoisotopic (exact) mass is 338 g/mol. The van der Waals surface area contributed by atoms with E-state index in [1.54, 1.807) is 24.3 Å². The first-order valence-corrected chi connectivity index (χ1v) is 6.91. The van der Waals surface area contributed by atoms with Crippen molar-refractivity contribution in [3.8, 4) is 5.75 Å². The van der Waals surface area contributed by atoms with E-state index < -0.39 is 28.4 Å². The number of benzene rings is 2. The second-order valence-electron chi connectivity index (χ2n) is 4.63. The van der Waals surface area contributed by atoms with Gasteiger partial charge < -0.3 is 10.1 Å². The first-order chi connectivity index (χ1) is 10.9. The van der Waals surface area contributed by atoms with E-state index in [1.165, 1.54) is 13.0 Å². The predicted molar refractivity (Wildman–Crippen MR) is 83.2 cm³/mol. The molecule has 2 aromatic rings. The van der Waals surface area contributed by atoms with Crippen LogP contribution >= 0.6 is 11.6 Å². The Morgan fingerprint density at radius 1 is 1.35 bits per heavy atom. The highest BCUT2D eigenvalue weighted by molar-refractivity contribution is 6.30. The molecule has 23 heavy (non-hydrogen) atoms. The maximum absolute atomic E-state index is 13.3. The summed E-state index contributed by atoms with van der Waals surface area (Å²) in [5, 5.41) is 13.6. The minimum absolute atomic E-state index is 0.102. The summed E-state index contributed by atoms with van der Waals surface area (Å²) in [6, 6.07) is 9.61. The molecule has 0 bridgehead atoms. The zero-order valence-corrected chi connectivity index (χ0v) is 12.7. The Morgan fingerprint density at radius 2 is 2.09 bits per heavy atom. The van der Waals surface area contributed by atoms with Gasteiger partial charge in [-0.3, -0.25) is 14.9 Å². The Labute approximate surface area is 136 Å². The third-order valence-electron chi connectivity index (χ3n) is 2.89. The lowest BCUT2D eigenvalue weighted by molar-refractivity contribution is -0.387. The predicted octanol–water partition coefficient (Wildman–Crippen LogP) is 3.79. The fourth-order valence-corrected chi connectivity index (χ4v) is 1.95. The summed E-state index contributed by atoms with van der Waals surface area (Å²) >= 11 is 5.82. The number of halogens is 2. The van der Waals surface area contributed by atoms with E-state index in [2.05, 4.69) is 5.32 Å². The van der Waals surface area contributed by atoms with E-state index in [4.69, 9.17) is 16.3 Å².